The van der Waals surface area contributed by atoms with E-state index in [1.54, 1.807) is 0 Å². The van der Waals surface area contributed by atoms with Crippen molar-refractivity contribution in [2.45, 2.75) is 12.5 Å². The van der Waals surface area contributed by atoms with Crippen molar-refractivity contribution in [3.63, 3.8) is 0 Å². The van der Waals surface area contributed by atoms with Crippen molar-refractivity contribution in [2.75, 3.05) is 12.0 Å². The Labute approximate surface area is 107 Å². The summed E-state index contributed by atoms with van der Waals surface area (Å²) in [4.78, 5) is 33.3. The molecular formula is C11H13NO5S. The van der Waals surface area contributed by atoms with Gasteiger partial charge < -0.3 is 14.8 Å². The quantitative estimate of drug-likeness (QED) is 0.785. The average molecular weight is 271 g/mol. The molecule has 7 heteroatoms. The van der Waals surface area contributed by atoms with Crippen LogP contribution in [0.2, 0.25) is 0 Å². The van der Waals surface area contributed by atoms with Crippen molar-refractivity contribution in [1.29, 1.82) is 0 Å². The van der Waals surface area contributed by atoms with Crippen LogP contribution in [-0.2, 0) is 4.79 Å². The van der Waals surface area contributed by atoms with Crippen LogP contribution >= 0.6 is 11.8 Å². The standard InChI is InChI=1S/C11H13NO5S/c1-18-5-4-8(11(15)16)12-10(14)7-2-3-9(13)17-6-7/h2-3,6,8H,4-5H2,1H3,(H,12,14)(H,15,16). The molecule has 6 nitrogen and oxygen atoms in total. The van der Waals surface area contributed by atoms with E-state index < -0.39 is 23.5 Å². The van der Waals surface area contributed by atoms with Gasteiger partial charge in [-0.05, 0) is 24.5 Å². The van der Waals surface area contributed by atoms with Gasteiger partial charge in [0.25, 0.3) is 5.91 Å². The molecule has 18 heavy (non-hydrogen) atoms. The Kier molecular flexibility index (Phi) is 5.44. The molecule has 1 atom stereocenters. The summed E-state index contributed by atoms with van der Waals surface area (Å²) in [5, 5.41) is 11.3. The van der Waals surface area contributed by atoms with Crippen molar-refractivity contribution in [2.24, 2.45) is 0 Å². The van der Waals surface area contributed by atoms with Gasteiger partial charge in [0.2, 0.25) is 0 Å². The summed E-state index contributed by atoms with van der Waals surface area (Å²) in [6.45, 7) is 0. The Morgan fingerprint density at radius 1 is 1.50 bits per heavy atom. The molecule has 0 fully saturated rings. The molecule has 0 radical (unpaired) electrons. The Morgan fingerprint density at radius 3 is 2.72 bits per heavy atom. The highest BCUT2D eigenvalue weighted by molar-refractivity contribution is 7.98. The van der Waals surface area contributed by atoms with Gasteiger partial charge in [-0.3, -0.25) is 4.79 Å². The smallest absolute Gasteiger partial charge is 0.335 e. The number of carboxylic acid groups (broad SMARTS) is 1. The van der Waals surface area contributed by atoms with Crippen molar-refractivity contribution in [3.05, 3.63) is 34.4 Å². The Hall–Kier alpha value is -1.76. The van der Waals surface area contributed by atoms with Crippen LogP contribution < -0.4 is 10.9 Å². The highest BCUT2D eigenvalue weighted by Gasteiger charge is 2.20. The molecule has 1 rings (SSSR count). The molecule has 98 valence electrons. The van der Waals surface area contributed by atoms with Crippen LogP contribution in [0.15, 0.2) is 27.6 Å². The zero-order valence-corrected chi connectivity index (χ0v) is 10.5. The number of nitrogens with one attached hydrogen (secondary N) is 1. The minimum Gasteiger partial charge on any atom is -0.480 e. The van der Waals surface area contributed by atoms with Crippen LogP contribution in [0.3, 0.4) is 0 Å². The number of thioether (sulfide) groups is 1. The number of hydrogen-bond acceptors (Lipinski definition) is 5. The van der Waals surface area contributed by atoms with Gasteiger partial charge in [0, 0.05) is 6.07 Å². The van der Waals surface area contributed by atoms with Crippen LogP contribution in [0.4, 0.5) is 0 Å². The molecule has 0 spiro atoms. The third kappa shape index (κ3) is 4.25. The third-order valence-corrected chi connectivity index (χ3v) is 2.82. The van der Waals surface area contributed by atoms with Crippen LogP contribution in [0.1, 0.15) is 16.8 Å². The highest BCUT2D eigenvalue weighted by Crippen LogP contribution is 2.03. The molecule has 1 amide bonds. The maximum atomic E-state index is 11.7. The lowest BCUT2D eigenvalue weighted by Gasteiger charge is -2.13. The van der Waals surface area contributed by atoms with Gasteiger partial charge >= 0.3 is 11.6 Å². The number of carboxylic acids is 1. The molecular weight excluding hydrogens is 258 g/mol. The zero-order valence-electron chi connectivity index (χ0n) is 9.71. The second-order valence-corrected chi connectivity index (χ2v) is 4.47. The number of hydrogen-bond donors (Lipinski definition) is 2. The summed E-state index contributed by atoms with van der Waals surface area (Å²) < 4.78 is 4.53. The first-order valence-corrected chi connectivity index (χ1v) is 6.55. The number of amides is 1. The fraction of sp³-hybridized carbons (Fsp3) is 0.364. The fourth-order valence-corrected chi connectivity index (χ4v) is 1.69. The van der Waals surface area contributed by atoms with E-state index in [4.69, 9.17) is 5.11 Å². The number of rotatable bonds is 6. The van der Waals surface area contributed by atoms with E-state index in [1.807, 2.05) is 6.26 Å². The molecule has 1 unspecified atom stereocenters. The lowest BCUT2D eigenvalue weighted by Crippen LogP contribution is -2.41. The molecule has 0 bridgehead atoms. The zero-order chi connectivity index (χ0) is 13.5. The predicted molar refractivity (Wildman–Crippen MR) is 66.9 cm³/mol. The molecule has 0 aliphatic carbocycles. The van der Waals surface area contributed by atoms with E-state index in [1.165, 1.54) is 17.8 Å². The number of carbonyl (C=O) groups excluding carboxylic acids is 1. The first-order valence-electron chi connectivity index (χ1n) is 5.16. The van der Waals surface area contributed by atoms with E-state index in [2.05, 4.69) is 9.73 Å². The van der Waals surface area contributed by atoms with E-state index in [0.717, 1.165) is 12.3 Å². The summed E-state index contributed by atoms with van der Waals surface area (Å²) in [5.74, 6) is -1.04. The van der Waals surface area contributed by atoms with Gasteiger partial charge in [-0.15, -0.1) is 0 Å². The highest BCUT2D eigenvalue weighted by atomic mass is 32.2. The SMILES string of the molecule is CSCCC(NC(=O)c1ccc(=O)oc1)C(=O)O. The van der Waals surface area contributed by atoms with Crippen molar-refractivity contribution >= 4 is 23.6 Å². The lowest BCUT2D eigenvalue weighted by molar-refractivity contribution is -0.139. The Bertz CT molecular complexity index is 464. The predicted octanol–water partition coefficient (Wildman–Crippen LogP) is 0.576. The van der Waals surface area contributed by atoms with Crippen LogP contribution in [0.25, 0.3) is 0 Å². The molecule has 0 saturated heterocycles. The Balaban J connectivity index is 2.68. The summed E-state index contributed by atoms with van der Waals surface area (Å²) in [7, 11) is 0. The minimum atomic E-state index is -1.09. The number of aliphatic carboxylic acids is 1. The lowest BCUT2D eigenvalue weighted by atomic mass is 10.2. The van der Waals surface area contributed by atoms with Gasteiger partial charge in [0.1, 0.15) is 12.3 Å². The maximum absolute atomic E-state index is 11.7. The largest absolute Gasteiger partial charge is 0.480 e. The minimum absolute atomic E-state index is 0.116. The van der Waals surface area contributed by atoms with E-state index >= 15 is 0 Å². The van der Waals surface area contributed by atoms with Crippen molar-refractivity contribution in [1.82, 2.24) is 5.32 Å². The second-order valence-electron chi connectivity index (χ2n) is 3.49. The topological polar surface area (TPSA) is 96.6 Å². The van der Waals surface area contributed by atoms with Crippen molar-refractivity contribution in [3.8, 4) is 0 Å². The van der Waals surface area contributed by atoms with Gasteiger partial charge in [0.05, 0.1) is 5.56 Å². The molecule has 1 aromatic heterocycles. The normalized spacial score (nSPS) is 11.8. The van der Waals surface area contributed by atoms with E-state index in [9.17, 15) is 14.4 Å². The summed E-state index contributed by atoms with van der Waals surface area (Å²) in [6, 6.07) is 1.44. The molecule has 0 aliphatic heterocycles. The average Bonchev–Trinajstić information content (AvgIpc) is 2.34. The molecule has 1 heterocycles. The van der Waals surface area contributed by atoms with Crippen molar-refractivity contribution < 1.29 is 19.1 Å². The summed E-state index contributed by atoms with van der Waals surface area (Å²) >= 11 is 1.50. The third-order valence-electron chi connectivity index (χ3n) is 2.18. The van der Waals surface area contributed by atoms with Crippen LogP contribution in [0.5, 0.6) is 0 Å². The van der Waals surface area contributed by atoms with Crippen LogP contribution in [-0.4, -0.2) is 35.0 Å². The second kappa shape index (κ2) is 6.85. The molecule has 0 aromatic carbocycles. The summed E-state index contributed by atoms with van der Waals surface area (Å²) in [6.07, 6.45) is 3.19. The van der Waals surface area contributed by atoms with E-state index in [-0.39, 0.29) is 5.56 Å². The maximum Gasteiger partial charge on any atom is 0.335 e. The molecule has 1 aromatic rings. The number of carbonyl (C=O) groups is 2. The molecule has 0 aliphatic rings. The first-order chi connectivity index (χ1) is 8.54. The molecule has 2 N–H and O–H groups in total. The van der Waals surface area contributed by atoms with Gasteiger partial charge in [0.15, 0.2) is 0 Å². The summed E-state index contributed by atoms with van der Waals surface area (Å²) in [5.41, 5.74) is -0.450. The fourth-order valence-electron chi connectivity index (χ4n) is 1.22. The first kappa shape index (κ1) is 14.3. The monoisotopic (exact) mass is 271 g/mol. The molecule has 0 saturated carbocycles. The van der Waals surface area contributed by atoms with Gasteiger partial charge in [-0.1, -0.05) is 0 Å². The Morgan fingerprint density at radius 2 is 2.22 bits per heavy atom. The van der Waals surface area contributed by atoms with E-state index in [0.29, 0.717) is 12.2 Å². The van der Waals surface area contributed by atoms with Gasteiger partial charge in [-0.25, -0.2) is 9.59 Å². The van der Waals surface area contributed by atoms with Crippen LogP contribution in [0, 0.1) is 0 Å². The van der Waals surface area contributed by atoms with Gasteiger partial charge in [-0.2, -0.15) is 11.8 Å².